The van der Waals surface area contributed by atoms with Crippen LogP contribution >= 0.6 is 11.3 Å². The van der Waals surface area contributed by atoms with E-state index in [4.69, 9.17) is 4.74 Å². The normalized spacial score (nSPS) is 13.7. The van der Waals surface area contributed by atoms with Gasteiger partial charge in [-0.25, -0.2) is 14.2 Å². The van der Waals surface area contributed by atoms with Crippen LogP contribution in [-0.4, -0.2) is 47.1 Å². The third kappa shape index (κ3) is 4.38. The van der Waals surface area contributed by atoms with Gasteiger partial charge in [-0.1, -0.05) is 0 Å². The zero-order valence-electron chi connectivity index (χ0n) is 15.9. The Bertz CT molecular complexity index is 1000. The smallest absolute Gasteiger partial charge is 0.321 e. The van der Waals surface area contributed by atoms with Crippen LogP contribution in [0.3, 0.4) is 0 Å². The molecule has 8 nitrogen and oxygen atoms in total. The molecule has 0 atom stereocenters. The molecule has 0 spiro atoms. The number of carbonyl (C=O) groups excluding carboxylic acids is 1. The van der Waals surface area contributed by atoms with Gasteiger partial charge >= 0.3 is 6.03 Å². The number of hydrogen-bond donors (Lipinski definition) is 2. The quantitative estimate of drug-likeness (QED) is 0.550. The van der Waals surface area contributed by atoms with Gasteiger partial charge in [0.2, 0.25) is 0 Å². The fraction of sp³-hybridized carbons (Fsp3) is 0.316. The predicted molar refractivity (Wildman–Crippen MR) is 110 cm³/mol. The SMILES string of the molecule is CCOCCn1cc(Nc2nc(-c3ccc(N4CCNC4=O)cc3F)cs2)cn1. The molecular formula is C19H21FN6O2S. The van der Waals surface area contributed by atoms with Crippen LogP contribution in [0.15, 0.2) is 36.0 Å². The Morgan fingerprint density at radius 2 is 2.31 bits per heavy atom. The van der Waals surface area contributed by atoms with Gasteiger partial charge < -0.3 is 15.4 Å². The number of anilines is 3. The lowest BCUT2D eigenvalue weighted by Gasteiger charge is -2.14. The highest BCUT2D eigenvalue weighted by atomic mass is 32.1. The number of rotatable bonds is 8. The summed E-state index contributed by atoms with van der Waals surface area (Å²) in [5.74, 6) is -0.414. The van der Waals surface area contributed by atoms with Crippen molar-refractivity contribution in [3.63, 3.8) is 0 Å². The Kier molecular flexibility index (Phi) is 5.72. The Morgan fingerprint density at radius 3 is 3.07 bits per heavy atom. The van der Waals surface area contributed by atoms with Gasteiger partial charge in [0.1, 0.15) is 5.82 Å². The average molecular weight is 416 g/mol. The van der Waals surface area contributed by atoms with E-state index in [0.717, 1.165) is 5.69 Å². The van der Waals surface area contributed by atoms with E-state index in [2.05, 4.69) is 20.7 Å². The molecule has 0 bridgehead atoms. The molecule has 3 heterocycles. The van der Waals surface area contributed by atoms with Gasteiger partial charge in [-0.2, -0.15) is 5.10 Å². The maximum Gasteiger partial charge on any atom is 0.321 e. The number of amides is 2. The first-order valence-corrected chi connectivity index (χ1v) is 10.2. The molecule has 2 aromatic heterocycles. The Morgan fingerprint density at radius 1 is 1.41 bits per heavy atom. The highest BCUT2D eigenvalue weighted by Crippen LogP contribution is 2.31. The molecule has 0 saturated carbocycles. The summed E-state index contributed by atoms with van der Waals surface area (Å²) in [5, 5.41) is 12.6. The number of carbonyl (C=O) groups is 1. The summed E-state index contributed by atoms with van der Waals surface area (Å²) in [6.45, 7) is 5.00. The zero-order valence-corrected chi connectivity index (χ0v) is 16.7. The van der Waals surface area contributed by atoms with Crippen LogP contribution in [-0.2, 0) is 11.3 Å². The summed E-state index contributed by atoms with van der Waals surface area (Å²) in [6.07, 6.45) is 3.58. The first kappa shape index (κ1) is 19.3. The van der Waals surface area contributed by atoms with Crippen LogP contribution in [0, 0.1) is 5.82 Å². The van der Waals surface area contributed by atoms with E-state index >= 15 is 0 Å². The largest absolute Gasteiger partial charge is 0.380 e. The maximum absolute atomic E-state index is 14.7. The number of nitrogens with zero attached hydrogens (tertiary/aromatic N) is 4. The number of nitrogens with one attached hydrogen (secondary N) is 2. The topological polar surface area (TPSA) is 84.3 Å². The molecule has 2 amide bonds. The third-order valence-electron chi connectivity index (χ3n) is 4.45. The average Bonchev–Trinajstić information content (AvgIpc) is 3.44. The molecule has 1 fully saturated rings. The van der Waals surface area contributed by atoms with E-state index in [1.165, 1.54) is 22.3 Å². The summed E-state index contributed by atoms with van der Waals surface area (Å²) in [7, 11) is 0. The van der Waals surface area contributed by atoms with Gasteiger partial charge in [-0.15, -0.1) is 11.3 Å². The van der Waals surface area contributed by atoms with Crippen molar-refractivity contribution in [3.05, 3.63) is 41.8 Å². The highest BCUT2D eigenvalue weighted by molar-refractivity contribution is 7.14. The Hall–Kier alpha value is -2.98. The van der Waals surface area contributed by atoms with Crippen molar-refractivity contribution >= 4 is 33.9 Å². The molecule has 3 aromatic rings. The summed E-state index contributed by atoms with van der Waals surface area (Å²) in [4.78, 5) is 17.7. The van der Waals surface area contributed by atoms with Crippen molar-refractivity contribution in [3.8, 4) is 11.3 Å². The molecule has 0 aliphatic carbocycles. The molecule has 152 valence electrons. The number of aromatic nitrogens is 3. The summed E-state index contributed by atoms with van der Waals surface area (Å²) >= 11 is 1.38. The van der Waals surface area contributed by atoms with E-state index in [9.17, 15) is 9.18 Å². The van der Waals surface area contributed by atoms with Gasteiger partial charge in [0, 0.05) is 42.5 Å². The monoisotopic (exact) mass is 416 g/mol. The number of ether oxygens (including phenoxy) is 1. The van der Waals surface area contributed by atoms with Crippen LogP contribution in [0.2, 0.25) is 0 Å². The second kappa shape index (κ2) is 8.58. The van der Waals surface area contributed by atoms with E-state index < -0.39 is 5.82 Å². The lowest BCUT2D eigenvalue weighted by molar-refractivity contribution is 0.136. The van der Waals surface area contributed by atoms with Crippen molar-refractivity contribution in [2.45, 2.75) is 13.5 Å². The first-order valence-electron chi connectivity index (χ1n) is 9.32. The van der Waals surface area contributed by atoms with E-state index in [1.54, 1.807) is 28.4 Å². The van der Waals surface area contributed by atoms with Gasteiger partial charge in [0.15, 0.2) is 5.13 Å². The molecule has 0 unspecified atom stereocenters. The number of urea groups is 1. The van der Waals surface area contributed by atoms with Crippen molar-refractivity contribution in [1.29, 1.82) is 0 Å². The summed E-state index contributed by atoms with van der Waals surface area (Å²) < 4.78 is 21.8. The highest BCUT2D eigenvalue weighted by Gasteiger charge is 2.22. The standard InChI is InChI=1S/C19H21FN6O2S/c1-2-28-8-7-25-11-13(10-22-25)23-18-24-17(12-29-18)15-4-3-14(9-16(15)20)26-6-5-21-19(26)27/h3-4,9-12H,2,5-8H2,1H3,(H,21,27)(H,23,24). The molecule has 1 aliphatic rings. The minimum atomic E-state index is -0.414. The van der Waals surface area contributed by atoms with E-state index in [0.29, 0.717) is 54.9 Å². The van der Waals surface area contributed by atoms with Crippen LogP contribution < -0.4 is 15.5 Å². The summed E-state index contributed by atoms with van der Waals surface area (Å²) in [6, 6.07) is 4.55. The minimum absolute atomic E-state index is 0.209. The van der Waals surface area contributed by atoms with Crippen molar-refractivity contribution in [2.75, 3.05) is 36.5 Å². The molecule has 4 rings (SSSR count). The second-order valence-corrected chi connectivity index (χ2v) is 7.26. The molecule has 1 saturated heterocycles. The van der Waals surface area contributed by atoms with Crippen molar-refractivity contribution in [1.82, 2.24) is 20.1 Å². The number of hydrogen-bond acceptors (Lipinski definition) is 6. The van der Waals surface area contributed by atoms with Gasteiger partial charge in [-0.05, 0) is 25.1 Å². The Labute approximate surface area is 171 Å². The maximum atomic E-state index is 14.7. The first-order chi connectivity index (χ1) is 14.1. The fourth-order valence-electron chi connectivity index (χ4n) is 3.03. The van der Waals surface area contributed by atoms with Gasteiger partial charge in [0.25, 0.3) is 0 Å². The van der Waals surface area contributed by atoms with Crippen LogP contribution in [0.4, 0.5) is 25.7 Å². The Balaban J connectivity index is 1.44. The zero-order chi connectivity index (χ0) is 20.2. The third-order valence-corrected chi connectivity index (χ3v) is 5.21. The van der Waals surface area contributed by atoms with Crippen molar-refractivity contribution in [2.24, 2.45) is 0 Å². The van der Waals surface area contributed by atoms with E-state index in [-0.39, 0.29) is 6.03 Å². The molecule has 2 N–H and O–H groups in total. The number of thiazole rings is 1. The van der Waals surface area contributed by atoms with Gasteiger partial charge in [-0.3, -0.25) is 9.58 Å². The molecule has 1 aliphatic heterocycles. The molecule has 0 radical (unpaired) electrons. The van der Waals surface area contributed by atoms with Crippen LogP contribution in [0.1, 0.15) is 6.92 Å². The van der Waals surface area contributed by atoms with Gasteiger partial charge in [0.05, 0.1) is 30.7 Å². The second-order valence-electron chi connectivity index (χ2n) is 6.40. The fourth-order valence-corrected chi connectivity index (χ4v) is 3.76. The number of benzene rings is 1. The molecule has 10 heteroatoms. The van der Waals surface area contributed by atoms with E-state index in [1.807, 2.05) is 13.1 Å². The van der Waals surface area contributed by atoms with Crippen LogP contribution in [0.5, 0.6) is 0 Å². The van der Waals surface area contributed by atoms with Crippen LogP contribution in [0.25, 0.3) is 11.3 Å². The van der Waals surface area contributed by atoms with Crippen molar-refractivity contribution < 1.29 is 13.9 Å². The molecular weight excluding hydrogens is 395 g/mol. The number of halogens is 1. The molecule has 29 heavy (non-hydrogen) atoms. The molecule has 1 aromatic carbocycles. The lowest BCUT2D eigenvalue weighted by atomic mass is 10.1. The summed E-state index contributed by atoms with van der Waals surface area (Å²) in [5.41, 5.74) is 2.27. The minimum Gasteiger partial charge on any atom is -0.380 e. The predicted octanol–water partition coefficient (Wildman–Crippen LogP) is 3.46. The lowest BCUT2D eigenvalue weighted by Crippen LogP contribution is -2.27.